The fourth-order valence-corrected chi connectivity index (χ4v) is 8.85. The van der Waals surface area contributed by atoms with Crippen LogP contribution in [0.3, 0.4) is 0 Å². The van der Waals surface area contributed by atoms with Crippen LogP contribution in [-0.4, -0.2) is 65.9 Å². The number of carbonyl (C=O) groups excluding carboxylic acids is 1. The summed E-state index contributed by atoms with van der Waals surface area (Å²) < 4.78 is 30.5. The molecule has 262 valence electrons. The smallest absolute Gasteiger partial charge is 0.381 e. The van der Waals surface area contributed by atoms with Gasteiger partial charge in [0.05, 0.1) is 0 Å². The van der Waals surface area contributed by atoms with E-state index >= 15 is 0 Å². The van der Waals surface area contributed by atoms with Gasteiger partial charge in [0.15, 0.2) is 5.12 Å². The second-order valence-electron chi connectivity index (χ2n) is 12.5. The molecule has 44 heavy (non-hydrogen) atoms. The molecule has 0 aromatic heterocycles. The van der Waals surface area contributed by atoms with Gasteiger partial charge in [-0.15, -0.1) is 0 Å². The number of hydrogen-bond acceptors (Lipinski definition) is 8. The van der Waals surface area contributed by atoms with E-state index in [9.17, 15) is 4.79 Å². The van der Waals surface area contributed by atoms with Crippen LogP contribution >= 0.6 is 11.8 Å². The number of carbonyl (C=O) groups is 1. The van der Waals surface area contributed by atoms with E-state index in [2.05, 4.69) is 26.3 Å². The highest BCUT2D eigenvalue weighted by Crippen LogP contribution is 2.24. The third-order valence-corrected chi connectivity index (χ3v) is 12.0. The molecule has 1 N–H and O–H groups in total. The Hall–Kier alpha value is -0.00312. The Morgan fingerprint density at radius 1 is 0.727 bits per heavy atom. The number of thioether (sulfide) groups is 1. The van der Waals surface area contributed by atoms with Crippen molar-refractivity contribution in [3.63, 3.8) is 0 Å². The number of rotatable bonds is 31. The fraction of sp³-hybridized carbons (Fsp3) is 0.971. The molecule has 2 unspecified atom stereocenters. The molecule has 1 saturated heterocycles. The Labute approximate surface area is 277 Å². The highest BCUT2D eigenvalue weighted by Gasteiger charge is 2.42. The van der Waals surface area contributed by atoms with Crippen molar-refractivity contribution < 1.29 is 27.6 Å². The quantitative estimate of drug-likeness (QED) is 0.0582. The monoisotopic (exact) mass is 661 g/mol. The molecule has 1 aliphatic heterocycles. The van der Waals surface area contributed by atoms with Gasteiger partial charge < -0.3 is 18.3 Å². The van der Waals surface area contributed by atoms with Crippen LogP contribution in [0.1, 0.15) is 156 Å². The second kappa shape index (κ2) is 31.6. The fourth-order valence-electron chi connectivity index (χ4n) is 5.40. The van der Waals surface area contributed by atoms with Crippen molar-refractivity contribution in [1.29, 1.82) is 0 Å². The van der Waals surface area contributed by atoms with E-state index < -0.39 is 8.80 Å². The van der Waals surface area contributed by atoms with Crippen molar-refractivity contribution in [3.05, 3.63) is 0 Å². The van der Waals surface area contributed by atoms with Crippen LogP contribution in [-0.2, 0) is 27.6 Å². The van der Waals surface area contributed by atoms with Crippen LogP contribution in [0, 0.1) is 5.92 Å². The number of hydrogen-bond donors (Lipinski definition) is 1. The maximum Gasteiger partial charge on any atom is 0.517 e. The van der Waals surface area contributed by atoms with Crippen LogP contribution in [0.4, 0.5) is 0 Å². The van der Waals surface area contributed by atoms with Crippen molar-refractivity contribution in [1.82, 2.24) is 5.48 Å². The van der Waals surface area contributed by atoms with Crippen molar-refractivity contribution in [2.24, 2.45) is 5.92 Å². The van der Waals surface area contributed by atoms with Crippen LogP contribution in [0.25, 0.3) is 0 Å². The molecular weight excluding hydrogens is 591 g/mol. The molecular formula is C35H71NO6SSi. The van der Waals surface area contributed by atoms with Crippen molar-refractivity contribution in [2.45, 2.75) is 162 Å². The predicted molar refractivity (Wildman–Crippen MR) is 188 cm³/mol. The Bertz CT molecular complexity index is 622. The lowest BCUT2D eigenvalue weighted by molar-refractivity contribution is -0.111. The summed E-state index contributed by atoms with van der Waals surface area (Å²) in [6.07, 6.45) is 24.4. The molecule has 0 aromatic rings. The Balaban J connectivity index is 2.28. The lowest BCUT2D eigenvalue weighted by Gasteiger charge is -2.33. The van der Waals surface area contributed by atoms with Crippen LogP contribution in [0.5, 0.6) is 0 Å². The van der Waals surface area contributed by atoms with Crippen molar-refractivity contribution in [2.75, 3.05) is 51.9 Å². The minimum atomic E-state index is -2.86. The lowest BCUT2D eigenvalue weighted by Crippen LogP contribution is -2.52. The van der Waals surface area contributed by atoms with Gasteiger partial charge in [-0.25, -0.2) is 5.48 Å². The van der Waals surface area contributed by atoms with Gasteiger partial charge in [0.1, 0.15) is 0 Å². The maximum absolute atomic E-state index is 12.5. The van der Waals surface area contributed by atoms with Crippen molar-refractivity contribution in [3.8, 4) is 0 Å². The van der Waals surface area contributed by atoms with Crippen molar-refractivity contribution >= 4 is 25.7 Å². The minimum Gasteiger partial charge on any atom is -0.381 e. The van der Waals surface area contributed by atoms with E-state index in [1.54, 1.807) is 0 Å². The average Bonchev–Trinajstić information content (AvgIpc) is 3.01. The number of nitrogens with one attached hydrogen (secondary N) is 1. The first-order chi connectivity index (χ1) is 21.7. The van der Waals surface area contributed by atoms with E-state index in [-0.39, 0.29) is 0 Å². The second-order valence-corrected chi connectivity index (χ2v) is 16.3. The molecule has 7 nitrogen and oxygen atoms in total. The van der Waals surface area contributed by atoms with Crippen LogP contribution in [0.2, 0.25) is 6.04 Å². The summed E-state index contributed by atoms with van der Waals surface area (Å²) in [4.78, 5) is 12.5. The first kappa shape index (κ1) is 42.0. The van der Waals surface area contributed by atoms with E-state index in [4.69, 9.17) is 22.9 Å². The zero-order valence-corrected chi connectivity index (χ0v) is 31.0. The van der Waals surface area contributed by atoms with Gasteiger partial charge >= 0.3 is 8.80 Å². The molecule has 0 amide bonds. The summed E-state index contributed by atoms with van der Waals surface area (Å²) in [6.45, 7) is 11.8. The first-order valence-corrected chi connectivity index (χ1v) is 21.6. The maximum atomic E-state index is 12.5. The zero-order chi connectivity index (χ0) is 31.8. The van der Waals surface area contributed by atoms with Gasteiger partial charge in [0.2, 0.25) is 0 Å². The highest BCUT2D eigenvalue weighted by molar-refractivity contribution is 8.13. The average molecular weight is 662 g/mol. The molecule has 0 aliphatic carbocycles. The van der Waals surface area contributed by atoms with Gasteiger partial charge in [0.25, 0.3) is 0 Å². The Kier molecular flexibility index (Phi) is 30.2. The SMILES string of the molecule is CCCCCCCCCCCC(=O)SCCC[Si]1(OCCCOCCCOCCCCCC)OCCC(CCCC)CNO1. The topological polar surface area (TPSA) is 75.3 Å². The normalized spacial score (nSPS) is 19.2. The summed E-state index contributed by atoms with van der Waals surface area (Å²) in [5.74, 6) is 1.37. The van der Waals surface area contributed by atoms with Crippen LogP contribution < -0.4 is 5.48 Å². The molecule has 0 aromatic carbocycles. The largest absolute Gasteiger partial charge is 0.517 e. The Morgan fingerprint density at radius 2 is 1.32 bits per heavy atom. The van der Waals surface area contributed by atoms with Gasteiger partial charge in [-0.05, 0) is 50.9 Å². The van der Waals surface area contributed by atoms with Gasteiger partial charge in [0, 0.05) is 64.4 Å². The third kappa shape index (κ3) is 25.1. The molecule has 1 heterocycles. The van der Waals surface area contributed by atoms with Gasteiger partial charge in [-0.1, -0.05) is 116 Å². The lowest BCUT2D eigenvalue weighted by atomic mass is 9.99. The molecule has 1 fully saturated rings. The first-order valence-electron chi connectivity index (χ1n) is 18.7. The van der Waals surface area contributed by atoms with E-state index in [1.807, 2.05) is 0 Å². The number of ether oxygens (including phenoxy) is 2. The molecule has 1 rings (SSSR count). The highest BCUT2D eigenvalue weighted by atomic mass is 32.2. The van der Waals surface area contributed by atoms with E-state index in [0.717, 1.165) is 76.7 Å². The minimum absolute atomic E-state index is 0.319. The van der Waals surface area contributed by atoms with Crippen LogP contribution in [0.15, 0.2) is 0 Å². The van der Waals surface area contributed by atoms with Gasteiger partial charge in [-0.2, -0.15) is 0 Å². The summed E-state index contributed by atoms with van der Waals surface area (Å²) in [5, 5.41) is 0.319. The number of hydroxylamine groups is 1. The van der Waals surface area contributed by atoms with E-state index in [0.29, 0.717) is 37.3 Å². The molecule has 9 heteroatoms. The summed E-state index contributed by atoms with van der Waals surface area (Å²) in [5.41, 5.74) is 3.24. The predicted octanol–water partition coefficient (Wildman–Crippen LogP) is 9.65. The summed E-state index contributed by atoms with van der Waals surface area (Å²) in [7, 11) is -2.86. The number of unbranched alkanes of at least 4 members (excludes halogenated alkanes) is 12. The van der Waals surface area contributed by atoms with Gasteiger partial charge in [-0.3, -0.25) is 9.32 Å². The molecule has 2 atom stereocenters. The summed E-state index contributed by atoms with van der Waals surface area (Å²) >= 11 is 1.47. The molecule has 1 aliphatic rings. The molecule has 0 bridgehead atoms. The zero-order valence-electron chi connectivity index (χ0n) is 29.1. The summed E-state index contributed by atoms with van der Waals surface area (Å²) in [6, 6.07) is 0.731. The molecule has 0 radical (unpaired) electrons. The van der Waals surface area contributed by atoms with E-state index in [1.165, 1.54) is 102 Å². The Morgan fingerprint density at radius 3 is 2.00 bits per heavy atom. The third-order valence-electron chi connectivity index (χ3n) is 8.26. The molecule has 0 saturated carbocycles. The standard InChI is InChI=1S/C35H71NO6SSi/c1-4-7-10-12-13-14-15-16-17-23-35(37)43-31-21-32-44(41-30-24-34(22-9-6-3)33-36-42-44)40-29-20-28-39-27-19-26-38-25-18-11-8-5-2/h34,36H,4-33H2,1-3H3. The molecule has 0 spiro atoms.